The predicted molar refractivity (Wildman–Crippen MR) is 93.4 cm³/mol. The number of hydrogen-bond donors (Lipinski definition) is 0. The van der Waals surface area contributed by atoms with E-state index in [1.165, 1.54) is 50.9 Å². The van der Waals surface area contributed by atoms with Gasteiger partial charge in [-0.1, -0.05) is 25.3 Å². The van der Waals surface area contributed by atoms with Gasteiger partial charge in [-0.05, 0) is 70.3 Å². The van der Waals surface area contributed by atoms with E-state index in [0.717, 1.165) is 30.9 Å². The topological polar surface area (TPSA) is 33.2 Å². The Morgan fingerprint density at radius 1 is 1.09 bits per heavy atom. The minimum atomic E-state index is 0.295. The standard InChI is InChI=1S/C20H30N2O/c1-22-12-10-16(11-13-22)14-18-8-5-9-19(21-18)15-20(23)17-6-3-2-4-7-17/h5,8-9,16-17H,2-4,6-7,10-15H2,1H3. The van der Waals surface area contributed by atoms with Crippen LogP contribution in [-0.4, -0.2) is 35.8 Å². The van der Waals surface area contributed by atoms with Gasteiger partial charge in [0.1, 0.15) is 5.78 Å². The van der Waals surface area contributed by atoms with Gasteiger partial charge < -0.3 is 4.90 Å². The van der Waals surface area contributed by atoms with Crippen LogP contribution >= 0.6 is 0 Å². The Balaban J connectivity index is 1.55. The van der Waals surface area contributed by atoms with Crippen LogP contribution in [0.3, 0.4) is 0 Å². The van der Waals surface area contributed by atoms with Crippen molar-refractivity contribution in [2.24, 2.45) is 11.8 Å². The second-order valence-electron chi connectivity index (χ2n) is 7.55. The minimum absolute atomic E-state index is 0.295. The quantitative estimate of drug-likeness (QED) is 0.831. The van der Waals surface area contributed by atoms with Crippen LogP contribution in [0.4, 0.5) is 0 Å². The van der Waals surface area contributed by atoms with E-state index in [9.17, 15) is 4.79 Å². The summed E-state index contributed by atoms with van der Waals surface area (Å²) < 4.78 is 0. The van der Waals surface area contributed by atoms with E-state index in [2.05, 4.69) is 24.1 Å². The van der Waals surface area contributed by atoms with Gasteiger partial charge in [0.2, 0.25) is 0 Å². The molecule has 1 aliphatic carbocycles. The van der Waals surface area contributed by atoms with Crippen molar-refractivity contribution in [2.45, 2.75) is 57.8 Å². The molecule has 2 heterocycles. The van der Waals surface area contributed by atoms with E-state index in [0.29, 0.717) is 18.1 Å². The molecule has 0 radical (unpaired) electrons. The van der Waals surface area contributed by atoms with Crippen LogP contribution in [0.25, 0.3) is 0 Å². The highest BCUT2D eigenvalue weighted by Gasteiger charge is 2.22. The highest BCUT2D eigenvalue weighted by atomic mass is 16.1. The third-order valence-corrected chi connectivity index (χ3v) is 5.62. The number of carbonyl (C=O) groups excluding carboxylic acids is 1. The van der Waals surface area contributed by atoms with Crippen LogP contribution in [-0.2, 0) is 17.6 Å². The lowest BCUT2D eigenvalue weighted by atomic mass is 9.85. The number of hydrogen-bond acceptors (Lipinski definition) is 3. The van der Waals surface area contributed by atoms with E-state index in [4.69, 9.17) is 4.98 Å². The second kappa shape index (κ2) is 8.05. The summed E-state index contributed by atoms with van der Waals surface area (Å²) in [5.41, 5.74) is 2.15. The molecule has 2 fully saturated rings. The summed E-state index contributed by atoms with van der Waals surface area (Å²) in [6.07, 6.45) is 10.1. The molecular weight excluding hydrogens is 284 g/mol. The molecule has 0 bridgehead atoms. The number of carbonyl (C=O) groups is 1. The van der Waals surface area contributed by atoms with Crippen molar-refractivity contribution in [3.05, 3.63) is 29.6 Å². The second-order valence-corrected chi connectivity index (χ2v) is 7.55. The van der Waals surface area contributed by atoms with Crippen molar-refractivity contribution >= 4 is 5.78 Å². The molecule has 126 valence electrons. The normalized spacial score (nSPS) is 21.4. The largest absolute Gasteiger partial charge is 0.306 e. The van der Waals surface area contributed by atoms with Gasteiger partial charge in [0.15, 0.2) is 0 Å². The number of rotatable bonds is 5. The van der Waals surface area contributed by atoms with Crippen molar-refractivity contribution in [1.82, 2.24) is 9.88 Å². The molecule has 0 N–H and O–H groups in total. The van der Waals surface area contributed by atoms with E-state index in [1.807, 2.05) is 6.07 Å². The first kappa shape index (κ1) is 16.6. The third-order valence-electron chi connectivity index (χ3n) is 5.62. The number of piperidine rings is 1. The first-order chi connectivity index (χ1) is 11.2. The average molecular weight is 314 g/mol. The molecule has 0 aromatic carbocycles. The number of nitrogens with zero attached hydrogens (tertiary/aromatic N) is 2. The van der Waals surface area contributed by atoms with Crippen molar-refractivity contribution in [2.75, 3.05) is 20.1 Å². The monoisotopic (exact) mass is 314 g/mol. The van der Waals surface area contributed by atoms with E-state index < -0.39 is 0 Å². The highest BCUT2D eigenvalue weighted by molar-refractivity contribution is 5.82. The van der Waals surface area contributed by atoms with E-state index in [1.54, 1.807) is 0 Å². The Morgan fingerprint density at radius 3 is 2.52 bits per heavy atom. The van der Waals surface area contributed by atoms with Gasteiger partial charge in [0.25, 0.3) is 0 Å². The molecule has 3 heteroatoms. The van der Waals surface area contributed by atoms with Gasteiger partial charge in [-0.3, -0.25) is 9.78 Å². The van der Waals surface area contributed by atoms with Crippen LogP contribution in [0.5, 0.6) is 0 Å². The lowest BCUT2D eigenvalue weighted by Crippen LogP contribution is -2.31. The molecule has 2 aliphatic rings. The van der Waals surface area contributed by atoms with E-state index in [-0.39, 0.29) is 0 Å². The van der Waals surface area contributed by atoms with Crippen molar-refractivity contribution in [3.63, 3.8) is 0 Å². The Hall–Kier alpha value is -1.22. The van der Waals surface area contributed by atoms with E-state index >= 15 is 0 Å². The number of aromatic nitrogens is 1. The molecule has 0 amide bonds. The fourth-order valence-electron chi connectivity index (χ4n) is 4.05. The Bertz CT molecular complexity index is 514. The zero-order chi connectivity index (χ0) is 16.1. The lowest BCUT2D eigenvalue weighted by Gasteiger charge is -2.28. The molecular formula is C20H30N2O. The number of Topliss-reactive ketones (excluding diaryl/α,β-unsaturated/α-hetero) is 1. The number of likely N-dealkylation sites (tertiary alicyclic amines) is 1. The van der Waals surface area contributed by atoms with Crippen LogP contribution in [0.1, 0.15) is 56.3 Å². The average Bonchev–Trinajstić information content (AvgIpc) is 2.58. The Morgan fingerprint density at radius 2 is 1.78 bits per heavy atom. The van der Waals surface area contributed by atoms with Crippen LogP contribution in [0, 0.1) is 11.8 Å². The molecule has 0 spiro atoms. The maximum Gasteiger partial charge on any atom is 0.141 e. The summed E-state index contributed by atoms with van der Waals surface area (Å²) in [5.74, 6) is 1.46. The Kier molecular flexibility index (Phi) is 5.82. The van der Waals surface area contributed by atoms with Gasteiger partial charge in [0.05, 0.1) is 0 Å². The molecule has 3 nitrogen and oxygen atoms in total. The van der Waals surface area contributed by atoms with Gasteiger partial charge >= 0.3 is 0 Å². The van der Waals surface area contributed by atoms with Crippen LogP contribution in [0.15, 0.2) is 18.2 Å². The first-order valence-corrected chi connectivity index (χ1v) is 9.37. The molecule has 1 saturated heterocycles. The predicted octanol–water partition coefficient (Wildman–Crippen LogP) is 3.66. The highest BCUT2D eigenvalue weighted by Crippen LogP contribution is 2.25. The summed E-state index contributed by atoms with van der Waals surface area (Å²) in [6.45, 7) is 2.40. The lowest BCUT2D eigenvalue weighted by molar-refractivity contribution is -0.123. The fraction of sp³-hybridized carbons (Fsp3) is 0.700. The molecule has 0 atom stereocenters. The third kappa shape index (κ3) is 4.87. The molecule has 1 aliphatic heterocycles. The molecule has 1 aromatic rings. The number of ketones is 1. The maximum atomic E-state index is 12.5. The van der Waals surface area contributed by atoms with Crippen molar-refractivity contribution in [1.29, 1.82) is 0 Å². The Labute approximate surface area is 140 Å². The van der Waals surface area contributed by atoms with Gasteiger partial charge in [-0.15, -0.1) is 0 Å². The first-order valence-electron chi connectivity index (χ1n) is 9.37. The molecule has 3 rings (SSSR count). The summed E-state index contributed by atoms with van der Waals surface area (Å²) in [4.78, 5) is 19.7. The van der Waals surface area contributed by atoms with Gasteiger partial charge in [0, 0.05) is 23.7 Å². The van der Waals surface area contributed by atoms with Crippen molar-refractivity contribution in [3.8, 4) is 0 Å². The number of pyridine rings is 1. The zero-order valence-electron chi connectivity index (χ0n) is 14.5. The fourth-order valence-corrected chi connectivity index (χ4v) is 4.05. The summed E-state index contributed by atoms with van der Waals surface area (Å²) in [5, 5.41) is 0. The molecule has 0 unspecified atom stereocenters. The van der Waals surface area contributed by atoms with Gasteiger partial charge in [-0.25, -0.2) is 0 Å². The molecule has 1 aromatic heterocycles. The summed E-state index contributed by atoms with van der Waals surface area (Å²) >= 11 is 0. The maximum absolute atomic E-state index is 12.5. The van der Waals surface area contributed by atoms with Crippen LogP contribution < -0.4 is 0 Å². The zero-order valence-corrected chi connectivity index (χ0v) is 14.5. The summed E-state index contributed by atoms with van der Waals surface area (Å²) in [6, 6.07) is 6.24. The van der Waals surface area contributed by atoms with Crippen molar-refractivity contribution < 1.29 is 4.79 Å². The smallest absolute Gasteiger partial charge is 0.141 e. The molecule has 23 heavy (non-hydrogen) atoms. The molecule has 1 saturated carbocycles. The van der Waals surface area contributed by atoms with Crippen LogP contribution in [0.2, 0.25) is 0 Å². The van der Waals surface area contributed by atoms with Gasteiger partial charge in [-0.2, -0.15) is 0 Å². The summed E-state index contributed by atoms with van der Waals surface area (Å²) in [7, 11) is 2.20. The SMILES string of the molecule is CN1CCC(Cc2cccc(CC(=O)C3CCCCC3)n2)CC1. The minimum Gasteiger partial charge on any atom is -0.306 e.